The lowest BCUT2D eigenvalue weighted by molar-refractivity contribution is -0.129. The van der Waals surface area contributed by atoms with Crippen LogP contribution in [0.15, 0.2) is 42.9 Å². The van der Waals surface area contributed by atoms with Crippen molar-refractivity contribution < 1.29 is 14.6 Å². The standard InChI is InChI=1S/C14H15N3O3/c1-20-12-4-2-10(3-5-12)13(18)14(19)16-8-11-6-7-15-9-17-11/h2-7,9,13,18H,8H2,1H3,(H,16,19)/t13-/m1/s1. The molecule has 1 heterocycles. The Bertz CT molecular complexity index is 558. The Morgan fingerprint density at radius 1 is 1.35 bits per heavy atom. The minimum absolute atomic E-state index is 0.245. The fourth-order valence-corrected chi connectivity index (χ4v) is 1.63. The van der Waals surface area contributed by atoms with E-state index in [1.54, 1.807) is 43.6 Å². The van der Waals surface area contributed by atoms with Gasteiger partial charge in [-0.15, -0.1) is 0 Å². The van der Waals surface area contributed by atoms with Crippen LogP contribution in [-0.2, 0) is 11.3 Å². The Morgan fingerprint density at radius 3 is 2.70 bits per heavy atom. The number of carbonyl (C=O) groups excluding carboxylic acids is 1. The van der Waals surface area contributed by atoms with E-state index in [9.17, 15) is 9.90 Å². The third-order valence-electron chi connectivity index (χ3n) is 2.77. The summed E-state index contributed by atoms with van der Waals surface area (Å²) in [4.78, 5) is 19.6. The van der Waals surface area contributed by atoms with Crippen LogP contribution in [0.1, 0.15) is 17.4 Å². The molecule has 0 saturated heterocycles. The number of hydrogen-bond acceptors (Lipinski definition) is 5. The van der Waals surface area contributed by atoms with Crippen molar-refractivity contribution in [3.63, 3.8) is 0 Å². The summed E-state index contributed by atoms with van der Waals surface area (Å²) < 4.78 is 5.02. The molecule has 104 valence electrons. The fourth-order valence-electron chi connectivity index (χ4n) is 1.63. The van der Waals surface area contributed by atoms with Gasteiger partial charge in [0.25, 0.3) is 5.91 Å². The molecule has 2 rings (SSSR count). The van der Waals surface area contributed by atoms with Gasteiger partial charge in [-0.05, 0) is 23.8 Å². The van der Waals surface area contributed by atoms with E-state index >= 15 is 0 Å². The zero-order chi connectivity index (χ0) is 14.4. The summed E-state index contributed by atoms with van der Waals surface area (Å²) in [5, 5.41) is 12.6. The van der Waals surface area contributed by atoms with Crippen molar-refractivity contribution >= 4 is 5.91 Å². The predicted molar refractivity (Wildman–Crippen MR) is 71.8 cm³/mol. The molecule has 6 heteroatoms. The maximum atomic E-state index is 11.8. The molecule has 6 nitrogen and oxygen atoms in total. The highest BCUT2D eigenvalue weighted by molar-refractivity contribution is 5.81. The van der Waals surface area contributed by atoms with Gasteiger partial charge in [-0.25, -0.2) is 9.97 Å². The van der Waals surface area contributed by atoms with E-state index in [0.29, 0.717) is 17.0 Å². The van der Waals surface area contributed by atoms with Crippen LogP contribution in [0.4, 0.5) is 0 Å². The summed E-state index contributed by atoms with van der Waals surface area (Å²) in [6, 6.07) is 8.37. The number of nitrogens with zero attached hydrogens (tertiary/aromatic N) is 2. The van der Waals surface area contributed by atoms with Crippen molar-refractivity contribution in [2.45, 2.75) is 12.6 Å². The molecule has 0 aliphatic carbocycles. The average molecular weight is 273 g/mol. The summed E-state index contributed by atoms with van der Waals surface area (Å²) in [5.41, 5.74) is 1.18. The van der Waals surface area contributed by atoms with E-state index in [1.807, 2.05) is 0 Å². The lowest BCUT2D eigenvalue weighted by atomic mass is 10.1. The SMILES string of the molecule is COc1ccc([C@@H](O)C(=O)NCc2ccncn2)cc1. The van der Waals surface area contributed by atoms with Crippen LogP contribution in [0.25, 0.3) is 0 Å². The molecule has 20 heavy (non-hydrogen) atoms. The highest BCUT2D eigenvalue weighted by Gasteiger charge is 2.16. The van der Waals surface area contributed by atoms with E-state index < -0.39 is 12.0 Å². The number of nitrogens with one attached hydrogen (secondary N) is 1. The van der Waals surface area contributed by atoms with E-state index in [-0.39, 0.29) is 6.54 Å². The first-order valence-corrected chi connectivity index (χ1v) is 6.05. The number of aliphatic hydroxyl groups excluding tert-OH is 1. The number of methoxy groups -OCH3 is 1. The third kappa shape index (κ3) is 3.52. The van der Waals surface area contributed by atoms with Crippen LogP contribution in [0.5, 0.6) is 5.75 Å². The molecular formula is C14H15N3O3. The maximum Gasteiger partial charge on any atom is 0.253 e. The fraction of sp³-hybridized carbons (Fsp3) is 0.214. The van der Waals surface area contributed by atoms with Crippen LogP contribution in [-0.4, -0.2) is 28.1 Å². The number of rotatable bonds is 5. The monoisotopic (exact) mass is 273 g/mol. The number of benzene rings is 1. The molecule has 1 atom stereocenters. The summed E-state index contributed by atoms with van der Waals surface area (Å²) in [5.74, 6) is 0.191. The van der Waals surface area contributed by atoms with Crippen molar-refractivity contribution in [1.82, 2.24) is 15.3 Å². The Labute approximate surface area is 116 Å². The van der Waals surface area contributed by atoms with Gasteiger partial charge in [0.15, 0.2) is 6.10 Å². The maximum absolute atomic E-state index is 11.8. The minimum Gasteiger partial charge on any atom is -0.497 e. The largest absolute Gasteiger partial charge is 0.497 e. The normalized spacial score (nSPS) is 11.7. The van der Waals surface area contributed by atoms with Crippen LogP contribution in [0.2, 0.25) is 0 Å². The van der Waals surface area contributed by atoms with Gasteiger partial charge in [-0.2, -0.15) is 0 Å². The minimum atomic E-state index is -1.22. The average Bonchev–Trinajstić information content (AvgIpc) is 2.53. The quantitative estimate of drug-likeness (QED) is 0.843. The zero-order valence-electron chi connectivity index (χ0n) is 11.0. The van der Waals surface area contributed by atoms with Gasteiger partial charge in [0.2, 0.25) is 0 Å². The second-order valence-electron chi connectivity index (χ2n) is 4.09. The summed E-state index contributed by atoms with van der Waals surface area (Å²) in [7, 11) is 1.56. The van der Waals surface area contributed by atoms with Crippen LogP contribution < -0.4 is 10.1 Å². The van der Waals surface area contributed by atoms with Crippen LogP contribution >= 0.6 is 0 Å². The Hall–Kier alpha value is -2.47. The molecule has 2 N–H and O–H groups in total. The molecule has 0 fully saturated rings. The van der Waals surface area contributed by atoms with Gasteiger partial charge in [0, 0.05) is 6.20 Å². The Kier molecular flexibility index (Phi) is 4.62. The third-order valence-corrected chi connectivity index (χ3v) is 2.77. The Morgan fingerprint density at radius 2 is 2.10 bits per heavy atom. The number of aromatic nitrogens is 2. The second-order valence-corrected chi connectivity index (χ2v) is 4.09. The molecule has 0 bridgehead atoms. The first-order chi connectivity index (χ1) is 9.70. The molecule has 0 radical (unpaired) electrons. The van der Waals surface area contributed by atoms with Crippen LogP contribution in [0.3, 0.4) is 0 Å². The molecular weight excluding hydrogens is 258 g/mol. The van der Waals surface area contributed by atoms with E-state index in [0.717, 1.165) is 0 Å². The zero-order valence-corrected chi connectivity index (χ0v) is 11.0. The highest BCUT2D eigenvalue weighted by atomic mass is 16.5. The van der Waals surface area contributed by atoms with E-state index in [4.69, 9.17) is 4.74 Å². The van der Waals surface area contributed by atoms with E-state index in [1.165, 1.54) is 6.33 Å². The molecule has 1 aromatic heterocycles. The van der Waals surface area contributed by atoms with Crippen molar-refractivity contribution in [1.29, 1.82) is 0 Å². The van der Waals surface area contributed by atoms with Gasteiger partial charge in [-0.1, -0.05) is 12.1 Å². The van der Waals surface area contributed by atoms with Crippen molar-refractivity contribution in [3.05, 3.63) is 54.1 Å². The number of amides is 1. The molecule has 2 aromatic rings. The van der Waals surface area contributed by atoms with E-state index in [2.05, 4.69) is 15.3 Å². The van der Waals surface area contributed by atoms with Crippen LogP contribution in [0, 0.1) is 0 Å². The predicted octanol–water partition coefficient (Wildman–Crippen LogP) is 0.835. The molecule has 0 saturated carbocycles. The topological polar surface area (TPSA) is 84.3 Å². The number of aliphatic hydroxyl groups is 1. The van der Waals surface area contributed by atoms with Gasteiger partial charge in [0.05, 0.1) is 19.3 Å². The van der Waals surface area contributed by atoms with Crippen molar-refractivity contribution in [3.8, 4) is 5.75 Å². The van der Waals surface area contributed by atoms with Crippen molar-refractivity contribution in [2.75, 3.05) is 7.11 Å². The molecule has 0 spiro atoms. The second kappa shape index (κ2) is 6.63. The van der Waals surface area contributed by atoms with Gasteiger partial charge in [0.1, 0.15) is 12.1 Å². The first-order valence-electron chi connectivity index (χ1n) is 6.05. The lowest BCUT2D eigenvalue weighted by Gasteiger charge is -2.12. The van der Waals surface area contributed by atoms with Gasteiger partial charge in [-0.3, -0.25) is 4.79 Å². The highest BCUT2D eigenvalue weighted by Crippen LogP contribution is 2.17. The summed E-state index contributed by atoms with van der Waals surface area (Å²) in [6.45, 7) is 0.245. The van der Waals surface area contributed by atoms with Gasteiger partial charge >= 0.3 is 0 Å². The van der Waals surface area contributed by atoms with Crippen molar-refractivity contribution in [2.24, 2.45) is 0 Å². The molecule has 1 aromatic carbocycles. The number of carbonyl (C=O) groups is 1. The van der Waals surface area contributed by atoms with Gasteiger partial charge < -0.3 is 15.2 Å². The summed E-state index contributed by atoms with van der Waals surface area (Å²) >= 11 is 0. The number of ether oxygens (including phenoxy) is 1. The number of hydrogen-bond donors (Lipinski definition) is 2. The Balaban J connectivity index is 1.94. The molecule has 0 aliphatic rings. The summed E-state index contributed by atoms with van der Waals surface area (Å²) in [6.07, 6.45) is 1.78. The lowest BCUT2D eigenvalue weighted by Crippen LogP contribution is -2.29. The molecule has 1 amide bonds. The smallest absolute Gasteiger partial charge is 0.253 e. The first kappa shape index (κ1) is 14.0. The molecule has 0 aliphatic heterocycles. The molecule has 0 unspecified atom stereocenters.